The summed E-state index contributed by atoms with van der Waals surface area (Å²) in [6, 6.07) is 3.06. The van der Waals surface area contributed by atoms with Gasteiger partial charge in [0.05, 0.1) is 17.1 Å². The molecule has 0 saturated heterocycles. The lowest BCUT2D eigenvalue weighted by atomic mass is 10.1. The molecule has 148 valence electrons. The first-order chi connectivity index (χ1) is 12.5. The Morgan fingerprint density at radius 2 is 1.89 bits per heavy atom. The van der Waals surface area contributed by atoms with Crippen LogP contribution in [0.15, 0.2) is 24.3 Å². The van der Waals surface area contributed by atoms with Crippen LogP contribution in [0.1, 0.15) is 25.0 Å². The van der Waals surface area contributed by atoms with Crippen LogP contribution in [0.2, 0.25) is 5.02 Å². The first-order valence-corrected chi connectivity index (χ1v) is 8.14. The summed E-state index contributed by atoms with van der Waals surface area (Å²) in [5.74, 6) is -2.02. The van der Waals surface area contributed by atoms with Gasteiger partial charge in [-0.3, -0.25) is 9.59 Å². The van der Waals surface area contributed by atoms with E-state index in [-0.39, 0.29) is 18.2 Å². The van der Waals surface area contributed by atoms with E-state index in [9.17, 15) is 27.6 Å². The number of halogens is 4. The Labute approximate surface area is 158 Å². The van der Waals surface area contributed by atoms with Crippen molar-refractivity contribution in [3.63, 3.8) is 0 Å². The smallest absolute Gasteiger partial charge is 0.417 e. The van der Waals surface area contributed by atoms with Crippen LogP contribution in [0.25, 0.3) is 6.08 Å². The van der Waals surface area contributed by atoms with Crippen molar-refractivity contribution in [1.82, 2.24) is 10.6 Å². The minimum absolute atomic E-state index is 0.0805. The van der Waals surface area contributed by atoms with Crippen LogP contribution in [0, 0.1) is 0 Å². The molecule has 0 spiro atoms. The molecule has 0 bridgehead atoms. The second kappa shape index (κ2) is 9.96. The molecule has 10 heteroatoms. The van der Waals surface area contributed by atoms with Crippen molar-refractivity contribution in [2.45, 2.75) is 26.1 Å². The third kappa shape index (κ3) is 8.59. The monoisotopic (exact) mass is 406 g/mol. The average Bonchev–Trinajstić information content (AvgIpc) is 2.55. The van der Waals surface area contributed by atoms with Crippen molar-refractivity contribution in [3.05, 3.63) is 40.4 Å². The Morgan fingerprint density at radius 3 is 2.48 bits per heavy atom. The second-order valence-corrected chi connectivity index (χ2v) is 6.08. The molecule has 0 heterocycles. The lowest BCUT2D eigenvalue weighted by Crippen LogP contribution is -2.41. The fraction of sp³-hybridized carbons (Fsp3) is 0.353. The number of carbonyl (C=O) groups is 3. The van der Waals surface area contributed by atoms with E-state index in [1.807, 2.05) is 0 Å². The SMILES string of the molecule is CC(C)NC(=O)CNC(=O)COC(=O)/C=C/c1ccc(Cl)c(C(F)(F)F)c1. The molecule has 6 nitrogen and oxygen atoms in total. The third-order valence-electron chi connectivity index (χ3n) is 2.95. The fourth-order valence-electron chi connectivity index (χ4n) is 1.82. The van der Waals surface area contributed by atoms with E-state index in [1.54, 1.807) is 13.8 Å². The van der Waals surface area contributed by atoms with Crippen molar-refractivity contribution in [2.24, 2.45) is 0 Å². The van der Waals surface area contributed by atoms with Crippen LogP contribution < -0.4 is 10.6 Å². The first kappa shape index (κ1) is 22.5. The van der Waals surface area contributed by atoms with E-state index in [0.29, 0.717) is 0 Å². The van der Waals surface area contributed by atoms with Crippen LogP contribution in [-0.4, -0.2) is 37.0 Å². The van der Waals surface area contributed by atoms with Gasteiger partial charge in [-0.2, -0.15) is 13.2 Å². The molecule has 0 fully saturated rings. The Kier molecular flexibility index (Phi) is 8.30. The van der Waals surface area contributed by atoms with Gasteiger partial charge in [0.15, 0.2) is 6.61 Å². The predicted octanol–water partition coefficient (Wildman–Crippen LogP) is 2.56. The minimum Gasteiger partial charge on any atom is -0.452 e. The summed E-state index contributed by atoms with van der Waals surface area (Å²) < 4.78 is 42.9. The van der Waals surface area contributed by atoms with Gasteiger partial charge in [0.1, 0.15) is 0 Å². The van der Waals surface area contributed by atoms with E-state index in [2.05, 4.69) is 15.4 Å². The molecule has 1 rings (SSSR count). The van der Waals surface area contributed by atoms with E-state index >= 15 is 0 Å². The third-order valence-corrected chi connectivity index (χ3v) is 3.28. The summed E-state index contributed by atoms with van der Waals surface area (Å²) >= 11 is 5.50. The normalized spacial score (nSPS) is 11.5. The van der Waals surface area contributed by atoms with Gasteiger partial charge in [0, 0.05) is 12.1 Å². The summed E-state index contributed by atoms with van der Waals surface area (Å²) in [4.78, 5) is 34.4. The van der Waals surface area contributed by atoms with Gasteiger partial charge in [-0.1, -0.05) is 17.7 Å². The number of benzene rings is 1. The summed E-state index contributed by atoms with van der Waals surface area (Å²) in [5.41, 5.74) is -0.947. The van der Waals surface area contributed by atoms with Gasteiger partial charge in [0.25, 0.3) is 5.91 Å². The lowest BCUT2D eigenvalue weighted by molar-refractivity contribution is -0.143. The largest absolute Gasteiger partial charge is 0.452 e. The number of hydrogen-bond acceptors (Lipinski definition) is 4. The number of amides is 2. The maximum atomic E-state index is 12.8. The molecule has 1 aromatic carbocycles. The molecule has 0 aliphatic carbocycles. The Morgan fingerprint density at radius 1 is 1.22 bits per heavy atom. The maximum Gasteiger partial charge on any atom is 0.417 e. The minimum atomic E-state index is -4.62. The quantitative estimate of drug-likeness (QED) is 0.538. The molecule has 0 aliphatic heterocycles. The summed E-state index contributed by atoms with van der Waals surface area (Å²) in [6.45, 7) is 2.61. The van der Waals surface area contributed by atoms with Crippen molar-refractivity contribution < 1.29 is 32.3 Å². The number of alkyl halides is 3. The van der Waals surface area contributed by atoms with Gasteiger partial charge >= 0.3 is 12.1 Å². The summed E-state index contributed by atoms with van der Waals surface area (Å²) in [7, 11) is 0. The van der Waals surface area contributed by atoms with E-state index in [4.69, 9.17) is 11.6 Å². The van der Waals surface area contributed by atoms with Gasteiger partial charge < -0.3 is 15.4 Å². The highest BCUT2D eigenvalue weighted by Gasteiger charge is 2.33. The van der Waals surface area contributed by atoms with Crippen LogP contribution in [-0.2, 0) is 25.3 Å². The standard InChI is InChI=1S/C17H18ClF3N2O4/c1-10(2)23-14(24)8-22-15(25)9-27-16(26)6-4-11-3-5-13(18)12(7-11)17(19,20)21/h3-7,10H,8-9H2,1-2H3,(H,22,25)(H,23,24)/b6-4+. The molecule has 2 N–H and O–H groups in total. The molecule has 0 aliphatic rings. The molecule has 0 unspecified atom stereocenters. The Balaban J connectivity index is 2.51. The molecule has 27 heavy (non-hydrogen) atoms. The number of ether oxygens (including phenoxy) is 1. The van der Waals surface area contributed by atoms with Crippen molar-refractivity contribution in [2.75, 3.05) is 13.2 Å². The van der Waals surface area contributed by atoms with E-state index in [1.165, 1.54) is 6.07 Å². The molecular weight excluding hydrogens is 389 g/mol. The van der Waals surface area contributed by atoms with Crippen LogP contribution in [0.5, 0.6) is 0 Å². The second-order valence-electron chi connectivity index (χ2n) is 5.68. The molecule has 0 radical (unpaired) electrons. The molecule has 0 saturated carbocycles. The Bertz CT molecular complexity index is 733. The zero-order valence-electron chi connectivity index (χ0n) is 14.5. The van der Waals surface area contributed by atoms with Crippen molar-refractivity contribution in [3.8, 4) is 0 Å². The van der Waals surface area contributed by atoms with Crippen LogP contribution in [0.3, 0.4) is 0 Å². The number of nitrogens with one attached hydrogen (secondary N) is 2. The summed E-state index contributed by atoms with van der Waals surface area (Å²) in [5, 5.41) is 4.36. The zero-order chi connectivity index (χ0) is 20.6. The van der Waals surface area contributed by atoms with Crippen LogP contribution >= 0.6 is 11.6 Å². The highest BCUT2D eigenvalue weighted by molar-refractivity contribution is 6.31. The maximum absolute atomic E-state index is 12.8. The zero-order valence-corrected chi connectivity index (χ0v) is 15.3. The van der Waals surface area contributed by atoms with Crippen molar-refractivity contribution in [1.29, 1.82) is 0 Å². The molecule has 0 atom stereocenters. The number of hydrogen-bond donors (Lipinski definition) is 2. The van der Waals surface area contributed by atoms with Crippen LogP contribution in [0.4, 0.5) is 13.2 Å². The highest BCUT2D eigenvalue weighted by Crippen LogP contribution is 2.35. The van der Waals surface area contributed by atoms with Crippen molar-refractivity contribution >= 4 is 35.5 Å². The summed E-state index contributed by atoms with van der Waals surface area (Å²) in [6.07, 6.45) is -2.65. The van der Waals surface area contributed by atoms with Gasteiger partial charge in [-0.25, -0.2) is 4.79 Å². The first-order valence-electron chi connectivity index (χ1n) is 7.76. The van der Waals surface area contributed by atoms with Gasteiger partial charge in [-0.05, 0) is 37.6 Å². The average molecular weight is 407 g/mol. The molecular formula is C17H18ClF3N2O4. The van der Waals surface area contributed by atoms with Gasteiger partial charge in [-0.15, -0.1) is 0 Å². The number of rotatable bonds is 7. The molecule has 1 aromatic rings. The Hall–Kier alpha value is -2.55. The van der Waals surface area contributed by atoms with E-state index in [0.717, 1.165) is 24.3 Å². The van der Waals surface area contributed by atoms with E-state index < -0.39 is 41.2 Å². The highest BCUT2D eigenvalue weighted by atomic mass is 35.5. The number of esters is 1. The lowest BCUT2D eigenvalue weighted by Gasteiger charge is -2.09. The van der Waals surface area contributed by atoms with Gasteiger partial charge in [0.2, 0.25) is 5.91 Å². The predicted molar refractivity (Wildman–Crippen MR) is 92.7 cm³/mol. The fourth-order valence-corrected chi connectivity index (χ4v) is 2.04. The number of carbonyl (C=O) groups excluding carboxylic acids is 3. The molecule has 0 aromatic heterocycles. The molecule has 2 amide bonds. The topological polar surface area (TPSA) is 84.5 Å².